The fraction of sp³-hybridized carbons (Fsp3) is 0.348. The van der Waals surface area contributed by atoms with Gasteiger partial charge in [-0.1, -0.05) is 30.7 Å². The van der Waals surface area contributed by atoms with Crippen molar-refractivity contribution in [3.63, 3.8) is 0 Å². The minimum Gasteiger partial charge on any atom is -0.338 e. The van der Waals surface area contributed by atoms with Gasteiger partial charge in [0.1, 0.15) is 5.82 Å². The number of H-pyrrole nitrogens is 1. The number of nitrogens with one attached hydrogen (secondary N) is 1. The fourth-order valence-electron chi connectivity index (χ4n) is 4.92. The Hall–Kier alpha value is -3.02. The van der Waals surface area contributed by atoms with Crippen molar-refractivity contribution in [2.24, 2.45) is 11.8 Å². The molecule has 0 bridgehead atoms. The lowest BCUT2D eigenvalue weighted by Crippen LogP contribution is -2.30. The third-order valence-corrected chi connectivity index (χ3v) is 6.42. The van der Waals surface area contributed by atoms with E-state index < -0.39 is 5.82 Å². The van der Waals surface area contributed by atoms with E-state index in [0.717, 1.165) is 24.0 Å². The van der Waals surface area contributed by atoms with Gasteiger partial charge < -0.3 is 4.90 Å². The zero-order valence-corrected chi connectivity index (χ0v) is 16.0. The number of likely N-dealkylation sites (tertiary alicyclic amines) is 1. The summed E-state index contributed by atoms with van der Waals surface area (Å²) in [5.74, 6) is 0.428. The number of aromatic amines is 1. The van der Waals surface area contributed by atoms with Crippen LogP contribution in [0.25, 0.3) is 10.8 Å². The minimum atomic E-state index is -0.491. The molecule has 1 saturated carbocycles. The molecule has 148 valence electrons. The second kappa shape index (κ2) is 7.10. The second-order valence-corrected chi connectivity index (χ2v) is 8.20. The molecule has 1 aliphatic carbocycles. The second-order valence-electron chi connectivity index (χ2n) is 8.20. The van der Waals surface area contributed by atoms with Crippen molar-refractivity contribution < 1.29 is 9.18 Å². The van der Waals surface area contributed by atoms with Crippen LogP contribution in [0.15, 0.2) is 47.3 Å². The molecule has 1 saturated heterocycles. The Morgan fingerprint density at radius 2 is 1.83 bits per heavy atom. The normalized spacial score (nSPS) is 20.9. The molecule has 29 heavy (non-hydrogen) atoms. The van der Waals surface area contributed by atoms with Gasteiger partial charge in [-0.3, -0.25) is 9.59 Å². The van der Waals surface area contributed by atoms with Gasteiger partial charge in [0.05, 0.1) is 16.6 Å². The van der Waals surface area contributed by atoms with Gasteiger partial charge in [-0.25, -0.2) is 9.49 Å². The Morgan fingerprint density at radius 3 is 2.59 bits per heavy atom. The Kier molecular flexibility index (Phi) is 4.42. The van der Waals surface area contributed by atoms with Crippen LogP contribution in [0.3, 0.4) is 0 Å². The molecular weight excluding hydrogens is 369 g/mol. The summed E-state index contributed by atoms with van der Waals surface area (Å²) in [6.07, 6.45) is 3.98. The molecule has 2 fully saturated rings. The predicted octanol–water partition coefficient (Wildman–Crippen LogP) is 3.53. The first-order valence-corrected chi connectivity index (χ1v) is 10.1. The highest BCUT2D eigenvalue weighted by Gasteiger charge is 2.38. The fourth-order valence-corrected chi connectivity index (χ4v) is 4.92. The topological polar surface area (TPSA) is 66.1 Å². The number of aromatic nitrogens is 2. The van der Waals surface area contributed by atoms with Crippen LogP contribution in [-0.2, 0) is 6.42 Å². The molecule has 0 radical (unpaired) electrons. The van der Waals surface area contributed by atoms with Crippen molar-refractivity contribution in [2.45, 2.75) is 25.7 Å². The highest BCUT2D eigenvalue weighted by atomic mass is 19.1. The van der Waals surface area contributed by atoms with Gasteiger partial charge in [0.15, 0.2) is 0 Å². The molecule has 2 atom stereocenters. The summed E-state index contributed by atoms with van der Waals surface area (Å²) in [5, 5.41) is 8.05. The quantitative estimate of drug-likeness (QED) is 0.743. The summed E-state index contributed by atoms with van der Waals surface area (Å²) < 4.78 is 14.5. The first-order chi connectivity index (χ1) is 14.1. The van der Waals surface area contributed by atoms with E-state index in [1.165, 1.54) is 25.3 Å². The molecule has 6 heteroatoms. The largest absolute Gasteiger partial charge is 0.338 e. The van der Waals surface area contributed by atoms with E-state index in [-0.39, 0.29) is 17.0 Å². The number of benzene rings is 2. The first-order valence-electron chi connectivity index (χ1n) is 10.1. The van der Waals surface area contributed by atoms with Crippen molar-refractivity contribution >= 4 is 16.7 Å². The van der Waals surface area contributed by atoms with Crippen LogP contribution in [0.4, 0.5) is 4.39 Å². The van der Waals surface area contributed by atoms with Crippen LogP contribution in [-0.4, -0.2) is 34.1 Å². The molecule has 2 heterocycles. The highest BCUT2D eigenvalue weighted by molar-refractivity contribution is 5.95. The van der Waals surface area contributed by atoms with Gasteiger partial charge in [0.25, 0.3) is 11.5 Å². The van der Waals surface area contributed by atoms with Gasteiger partial charge >= 0.3 is 0 Å². The maximum Gasteiger partial charge on any atom is 0.272 e. The van der Waals surface area contributed by atoms with E-state index in [0.29, 0.717) is 29.3 Å². The van der Waals surface area contributed by atoms with E-state index in [1.807, 2.05) is 17.0 Å². The SMILES string of the molecule is O=C(c1cc(Cc2n[nH]c(=O)c3ccccc23)ccc1F)N1CC2CCCC2C1. The lowest BCUT2D eigenvalue weighted by Gasteiger charge is -2.18. The summed E-state index contributed by atoms with van der Waals surface area (Å²) in [6.45, 7) is 1.47. The van der Waals surface area contributed by atoms with Crippen molar-refractivity contribution in [1.29, 1.82) is 0 Å². The van der Waals surface area contributed by atoms with Crippen molar-refractivity contribution in [3.8, 4) is 0 Å². The standard InChI is InChI=1S/C23H22FN3O2/c24-20-9-8-14(11-21-17-6-1-2-7-18(17)22(28)26-25-21)10-19(20)23(29)27-12-15-4-3-5-16(15)13-27/h1-2,6-10,15-16H,3-5,11-13H2,(H,26,28). The van der Waals surface area contributed by atoms with Crippen LogP contribution < -0.4 is 5.56 Å². The minimum absolute atomic E-state index is 0.121. The maximum atomic E-state index is 14.5. The van der Waals surface area contributed by atoms with Crippen LogP contribution in [0, 0.1) is 17.7 Å². The molecule has 5 rings (SSSR count). The molecule has 0 spiro atoms. The Bertz CT molecular complexity index is 1140. The average molecular weight is 391 g/mol. The average Bonchev–Trinajstić information content (AvgIpc) is 3.33. The van der Waals surface area contributed by atoms with Crippen molar-refractivity contribution in [2.75, 3.05) is 13.1 Å². The van der Waals surface area contributed by atoms with Gasteiger partial charge in [-0.15, -0.1) is 0 Å². The van der Waals surface area contributed by atoms with Gasteiger partial charge in [0, 0.05) is 24.9 Å². The highest BCUT2D eigenvalue weighted by Crippen LogP contribution is 2.38. The maximum absolute atomic E-state index is 14.5. The van der Waals surface area contributed by atoms with Gasteiger partial charge in [0.2, 0.25) is 0 Å². The third-order valence-electron chi connectivity index (χ3n) is 6.42. The van der Waals surface area contributed by atoms with Gasteiger partial charge in [-0.05, 0) is 48.4 Å². The van der Waals surface area contributed by atoms with E-state index in [9.17, 15) is 14.0 Å². The number of rotatable bonds is 3. The molecule has 1 amide bonds. The first kappa shape index (κ1) is 18.0. The summed E-state index contributed by atoms with van der Waals surface area (Å²) >= 11 is 0. The Morgan fingerprint density at radius 1 is 1.10 bits per heavy atom. The number of fused-ring (bicyclic) bond motifs is 2. The van der Waals surface area contributed by atoms with Crippen LogP contribution in [0.2, 0.25) is 0 Å². The van der Waals surface area contributed by atoms with Crippen LogP contribution in [0.1, 0.15) is 40.9 Å². The zero-order valence-electron chi connectivity index (χ0n) is 16.0. The molecule has 2 unspecified atom stereocenters. The number of carbonyl (C=O) groups is 1. The molecule has 2 aromatic carbocycles. The predicted molar refractivity (Wildman–Crippen MR) is 108 cm³/mol. The molecule has 1 aromatic heterocycles. The Balaban J connectivity index is 1.44. The number of carbonyl (C=O) groups excluding carboxylic acids is 1. The zero-order chi connectivity index (χ0) is 20.0. The molecule has 2 aliphatic rings. The van der Waals surface area contributed by atoms with E-state index in [2.05, 4.69) is 10.2 Å². The summed E-state index contributed by atoms with van der Waals surface area (Å²) in [5.41, 5.74) is 1.37. The molecular formula is C23H22FN3O2. The molecule has 3 aromatic rings. The van der Waals surface area contributed by atoms with Crippen molar-refractivity contribution in [3.05, 3.63) is 75.5 Å². The summed E-state index contributed by atoms with van der Waals surface area (Å²) in [6, 6.07) is 11.9. The van der Waals surface area contributed by atoms with Gasteiger partial charge in [-0.2, -0.15) is 5.10 Å². The number of nitrogens with zero attached hydrogens (tertiary/aromatic N) is 2. The molecule has 1 aliphatic heterocycles. The van der Waals surface area contributed by atoms with Crippen LogP contribution in [0.5, 0.6) is 0 Å². The Labute approximate surface area is 167 Å². The number of halogens is 1. The number of amides is 1. The number of hydrogen-bond donors (Lipinski definition) is 1. The monoisotopic (exact) mass is 391 g/mol. The van der Waals surface area contributed by atoms with E-state index in [4.69, 9.17) is 0 Å². The van der Waals surface area contributed by atoms with E-state index >= 15 is 0 Å². The van der Waals surface area contributed by atoms with E-state index in [1.54, 1.807) is 24.3 Å². The van der Waals surface area contributed by atoms with Crippen molar-refractivity contribution in [1.82, 2.24) is 15.1 Å². The van der Waals surface area contributed by atoms with Crippen LogP contribution >= 0.6 is 0 Å². The molecule has 5 nitrogen and oxygen atoms in total. The number of hydrogen-bond acceptors (Lipinski definition) is 3. The molecule has 1 N–H and O–H groups in total. The third kappa shape index (κ3) is 3.22. The lowest BCUT2D eigenvalue weighted by molar-refractivity contribution is 0.0776. The lowest BCUT2D eigenvalue weighted by atomic mass is 10.0. The summed E-state index contributed by atoms with van der Waals surface area (Å²) in [4.78, 5) is 26.8. The summed E-state index contributed by atoms with van der Waals surface area (Å²) in [7, 11) is 0. The smallest absolute Gasteiger partial charge is 0.272 e.